The number of hydrogen-bond donors (Lipinski definition) is 0. The van der Waals surface area contributed by atoms with Crippen LogP contribution in [0.15, 0.2) is 48.5 Å². The zero-order valence-corrected chi connectivity index (χ0v) is 23.6. The first-order valence-corrected chi connectivity index (χ1v) is 13.1. The van der Waals surface area contributed by atoms with Gasteiger partial charge in [-0.15, -0.1) is 0 Å². The van der Waals surface area contributed by atoms with Crippen LogP contribution in [0.5, 0.6) is 0 Å². The zero-order valence-electron chi connectivity index (χ0n) is 23.6. The third kappa shape index (κ3) is 5.83. The van der Waals surface area contributed by atoms with Crippen LogP contribution in [0.25, 0.3) is 0 Å². The van der Waals surface area contributed by atoms with E-state index in [0.29, 0.717) is 18.6 Å². The second-order valence-electron chi connectivity index (χ2n) is 11.8. The van der Waals surface area contributed by atoms with Gasteiger partial charge in [0.05, 0.1) is 28.7 Å². The molecule has 1 saturated heterocycles. The number of piperidine rings is 1. The number of carbonyl (C=O) groups is 2. The Labute approximate surface area is 234 Å². The highest BCUT2D eigenvalue weighted by atomic mass is 19.4. The Kier molecular flexibility index (Phi) is 7.54. The highest BCUT2D eigenvalue weighted by molar-refractivity contribution is 5.78. The summed E-state index contributed by atoms with van der Waals surface area (Å²) in [4.78, 5) is 31.2. The Morgan fingerprint density at radius 3 is 1.98 bits per heavy atom. The number of amides is 3. The monoisotopic (exact) mass is 585 g/mol. The maximum Gasteiger partial charge on any atom is 0.416 e. The van der Waals surface area contributed by atoms with Gasteiger partial charge >= 0.3 is 24.5 Å². The minimum atomic E-state index is -5.01. The van der Waals surface area contributed by atoms with Gasteiger partial charge in [-0.3, -0.25) is 0 Å². The van der Waals surface area contributed by atoms with E-state index in [1.54, 1.807) is 50.9 Å². The van der Waals surface area contributed by atoms with E-state index in [1.807, 2.05) is 12.1 Å². The molecular formula is C29H33F6N3O3. The highest BCUT2D eigenvalue weighted by Crippen LogP contribution is 2.63. The first kappa shape index (κ1) is 30.5. The largest absolute Gasteiger partial charge is 0.444 e. The van der Waals surface area contributed by atoms with Crippen molar-refractivity contribution in [1.82, 2.24) is 14.7 Å². The van der Waals surface area contributed by atoms with Crippen molar-refractivity contribution in [2.24, 2.45) is 5.92 Å². The van der Waals surface area contributed by atoms with Crippen molar-refractivity contribution in [2.45, 2.75) is 69.7 Å². The van der Waals surface area contributed by atoms with Crippen LogP contribution in [-0.4, -0.2) is 58.6 Å². The van der Waals surface area contributed by atoms with Crippen LogP contribution < -0.4 is 0 Å². The van der Waals surface area contributed by atoms with Crippen molar-refractivity contribution in [3.05, 3.63) is 70.8 Å². The van der Waals surface area contributed by atoms with E-state index >= 15 is 0 Å². The topological polar surface area (TPSA) is 53.1 Å². The number of halogens is 6. The van der Waals surface area contributed by atoms with E-state index in [0.717, 1.165) is 10.5 Å². The van der Waals surface area contributed by atoms with Crippen LogP contribution in [-0.2, 0) is 17.1 Å². The van der Waals surface area contributed by atoms with Gasteiger partial charge in [-0.05, 0) is 63.4 Å². The normalized spacial score (nSPS) is 23.1. The first-order valence-electron chi connectivity index (χ1n) is 13.1. The molecule has 1 saturated carbocycles. The Morgan fingerprint density at radius 2 is 1.49 bits per heavy atom. The summed E-state index contributed by atoms with van der Waals surface area (Å²) in [6, 6.07) is 8.05. The van der Waals surface area contributed by atoms with Crippen LogP contribution in [0.2, 0.25) is 0 Å². The summed E-state index contributed by atoms with van der Waals surface area (Å²) < 4.78 is 86.5. The summed E-state index contributed by atoms with van der Waals surface area (Å²) in [5, 5.41) is 0. The van der Waals surface area contributed by atoms with E-state index in [4.69, 9.17) is 4.74 Å². The molecule has 4 rings (SSSR count). The van der Waals surface area contributed by atoms with E-state index in [1.165, 1.54) is 18.9 Å². The Balaban J connectivity index is 1.68. The highest BCUT2D eigenvalue weighted by Gasteiger charge is 2.71. The molecule has 6 nitrogen and oxygen atoms in total. The molecule has 0 bridgehead atoms. The number of hydrogen-bond acceptors (Lipinski definition) is 3. The number of rotatable bonds is 4. The Hall–Kier alpha value is -3.44. The van der Waals surface area contributed by atoms with E-state index in [2.05, 4.69) is 0 Å². The van der Waals surface area contributed by atoms with Gasteiger partial charge in [-0.25, -0.2) is 9.59 Å². The third-order valence-electron chi connectivity index (χ3n) is 7.95. The number of likely N-dealkylation sites (tertiary alicyclic amines) is 1. The molecule has 1 aliphatic heterocycles. The fourth-order valence-corrected chi connectivity index (χ4v) is 5.71. The number of nitrogens with zero attached hydrogens (tertiary/aromatic N) is 3. The SMILES string of the molecule is CC(c1cc(C(F)(F)F)cc(C(F)(F)F)c1)N(C)C(=O)N1C[C@@H]2C[C@@]2(N(C)C(=O)OC(C)(C)C)[C@@H]1c1ccccc1. The minimum Gasteiger partial charge on any atom is -0.444 e. The molecule has 1 aliphatic carbocycles. The van der Waals surface area contributed by atoms with Gasteiger partial charge in [0.2, 0.25) is 0 Å². The van der Waals surface area contributed by atoms with Crippen LogP contribution in [0.1, 0.15) is 68.5 Å². The van der Waals surface area contributed by atoms with E-state index in [9.17, 15) is 35.9 Å². The summed E-state index contributed by atoms with van der Waals surface area (Å²) in [6.45, 7) is 6.86. The number of fused-ring (bicyclic) bond motifs is 1. The van der Waals surface area contributed by atoms with Gasteiger partial charge in [0.15, 0.2) is 0 Å². The summed E-state index contributed by atoms with van der Waals surface area (Å²) in [5.41, 5.74) is -3.98. The molecule has 2 fully saturated rings. The molecule has 4 atom stereocenters. The second kappa shape index (κ2) is 10.1. The molecule has 41 heavy (non-hydrogen) atoms. The first-order chi connectivity index (χ1) is 18.8. The standard InChI is InChI=1S/C29H33F6N3O3/c1-17(19-12-20(28(30,31)32)14-21(13-19)29(33,34)35)36(5)24(39)38-16-22-15-27(22,23(38)18-10-8-7-9-11-18)37(6)25(40)41-26(2,3)4/h7-14,17,22-23H,15-16H2,1-6H3/t17?,22-,23-,27-/m0/s1. The van der Waals surface area contributed by atoms with Crippen molar-refractivity contribution >= 4 is 12.1 Å². The van der Waals surface area contributed by atoms with E-state index < -0.39 is 58.8 Å². The summed E-state index contributed by atoms with van der Waals surface area (Å²) >= 11 is 0. The average molecular weight is 586 g/mol. The molecule has 3 amide bonds. The van der Waals surface area contributed by atoms with Gasteiger partial charge in [-0.2, -0.15) is 26.3 Å². The number of likely N-dealkylation sites (N-methyl/N-ethyl adjacent to an activating group) is 1. The van der Waals surface area contributed by atoms with Gasteiger partial charge in [-0.1, -0.05) is 30.3 Å². The molecule has 2 aromatic rings. The molecule has 224 valence electrons. The maximum absolute atomic E-state index is 13.9. The Morgan fingerprint density at radius 1 is 0.951 bits per heavy atom. The molecule has 2 aliphatic rings. The smallest absolute Gasteiger partial charge is 0.416 e. The van der Waals surface area contributed by atoms with Crippen molar-refractivity contribution in [1.29, 1.82) is 0 Å². The molecule has 1 heterocycles. The number of benzene rings is 2. The molecule has 12 heteroatoms. The Bertz CT molecular complexity index is 1280. The maximum atomic E-state index is 13.9. The molecule has 1 unspecified atom stereocenters. The lowest BCUT2D eigenvalue weighted by Crippen LogP contribution is -2.50. The molecule has 0 aromatic heterocycles. The van der Waals surface area contributed by atoms with Crippen molar-refractivity contribution in [2.75, 3.05) is 20.6 Å². The lowest BCUT2D eigenvalue weighted by atomic mass is 9.96. The minimum absolute atomic E-state index is 0.0632. The summed E-state index contributed by atoms with van der Waals surface area (Å²) in [5.74, 6) is -0.0942. The predicted octanol–water partition coefficient (Wildman–Crippen LogP) is 7.52. The van der Waals surface area contributed by atoms with Crippen LogP contribution >= 0.6 is 0 Å². The third-order valence-corrected chi connectivity index (χ3v) is 7.95. The quantitative estimate of drug-likeness (QED) is 0.349. The zero-order chi connectivity index (χ0) is 30.7. The molecule has 2 aromatic carbocycles. The lowest BCUT2D eigenvalue weighted by molar-refractivity contribution is -0.143. The average Bonchev–Trinajstić information content (AvgIpc) is 3.49. The van der Waals surface area contributed by atoms with Gasteiger partial charge < -0.3 is 19.4 Å². The number of ether oxygens (including phenoxy) is 1. The molecule has 0 N–H and O–H groups in total. The number of urea groups is 1. The molecular weight excluding hydrogens is 552 g/mol. The van der Waals surface area contributed by atoms with Crippen LogP contribution in [0.3, 0.4) is 0 Å². The van der Waals surface area contributed by atoms with Crippen molar-refractivity contribution in [3.8, 4) is 0 Å². The van der Waals surface area contributed by atoms with E-state index in [-0.39, 0.29) is 24.1 Å². The number of carbonyl (C=O) groups excluding carboxylic acids is 2. The summed E-state index contributed by atoms with van der Waals surface area (Å²) in [6.07, 6.45) is -9.97. The fourth-order valence-electron chi connectivity index (χ4n) is 5.71. The number of alkyl halides is 6. The van der Waals surface area contributed by atoms with Gasteiger partial charge in [0.1, 0.15) is 5.60 Å². The fraction of sp³-hybridized carbons (Fsp3) is 0.517. The van der Waals surface area contributed by atoms with Crippen molar-refractivity contribution in [3.63, 3.8) is 0 Å². The molecule has 0 radical (unpaired) electrons. The molecule has 0 spiro atoms. The van der Waals surface area contributed by atoms with Crippen LogP contribution in [0.4, 0.5) is 35.9 Å². The summed E-state index contributed by atoms with van der Waals surface area (Å²) in [7, 11) is 2.96. The second-order valence-corrected chi connectivity index (χ2v) is 11.8. The van der Waals surface area contributed by atoms with Gasteiger partial charge in [0, 0.05) is 26.6 Å². The predicted molar refractivity (Wildman–Crippen MR) is 139 cm³/mol. The van der Waals surface area contributed by atoms with Crippen molar-refractivity contribution < 1.29 is 40.7 Å². The lowest BCUT2D eigenvalue weighted by Gasteiger charge is -2.40. The van der Waals surface area contributed by atoms with Gasteiger partial charge in [0.25, 0.3) is 0 Å². The van der Waals surface area contributed by atoms with Crippen LogP contribution in [0, 0.1) is 5.92 Å².